The Labute approximate surface area is 114 Å². The van der Waals surface area contributed by atoms with Gasteiger partial charge in [0, 0.05) is 5.69 Å². The number of hydrogen-bond acceptors (Lipinski definition) is 2. The van der Waals surface area contributed by atoms with E-state index in [0.717, 1.165) is 23.2 Å². The molecule has 19 heavy (non-hydrogen) atoms. The highest BCUT2D eigenvalue weighted by molar-refractivity contribution is 5.99. The van der Waals surface area contributed by atoms with Gasteiger partial charge in [0.15, 0.2) is 0 Å². The van der Waals surface area contributed by atoms with Crippen LogP contribution in [0, 0.1) is 29.6 Å². The lowest BCUT2D eigenvalue weighted by molar-refractivity contribution is -0.128. The standard InChI is InChI=1S/C16H20N2O/c1-4-13-7-5-6-12(3)14(13)18-15(19)16(10-17)8-11(2)9-16/h5-7,11H,4,8-9H2,1-3H3,(H,18,19). The molecule has 1 aliphatic rings. The minimum Gasteiger partial charge on any atom is -0.324 e. The van der Waals surface area contributed by atoms with Crippen LogP contribution < -0.4 is 5.32 Å². The Hall–Kier alpha value is -1.82. The second kappa shape index (κ2) is 5.05. The van der Waals surface area contributed by atoms with Crippen LogP contribution in [-0.2, 0) is 11.2 Å². The predicted octanol–water partition coefficient (Wildman–Crippen LogP) is 3.44. The van der Waals surface area contributed by atoms with E-state index in [-0.39, 0.29) is 5.91 Å². The van der Waals surface area contributed by atoms with Crippen LogP contribution in [0.25, 0.3) is 0 Å². The molecule has 1 fully saturated rings. The monoisotopic (exact) mass is 256 g/mol. The summed E-state index contributed by atoms with van der Waals surface area (Å²) in [5.41, 5.74) is 2.23. The molecule has 3 heteroatoms. The van der Waals surface area contributed by atoms with Gasteiger partial charge in [-0.15, -0.1) is 0 Å². The molecule has 2 rings (SSSR count). The summed E-state index contributed by atoms with van der Waals surface area (Å²) in [7, 11) is 0. The molecule has 0 radical (unpaired) electrons. The highest BCUT2D eigenvalue weighted by atomic mass is 16.2. The van der Waals surface area contributed by atoms with E-state index in [1.54, 1.807) is 0 Å². The number of benzene rings is 1. The lowest BCUT2D eigenvalue weighted by atomic mass is 9.63. The molecule has 1 aromatic carbocycles. The molecule has 0 spiro atoms. The highest BCUT2D eigenvalue weighted by Gasteiger charge is 2.49. The average Bonchev–Trinajstić information content (AvgIpc) is 2.36. The van der Waals surface area contributed by atoms with E-state index in [0.29, 0.717) is 18.8 Å². The number of anilines is 1. The normalized spacial score (nSPS) is 25.3. The summed E-state index contributed by atoms with van der Waals surface area (Å²) < 4.78 is 0. The number of carbonyl (C=O) groups excluding carboxylic acids is 1. The van der Waals surface area contributed by atoms with E-state index in [2.05, 4.69) is 25.2 Å². The van der Waals surface area contributed by atoms with E-state index in [1.807, 2.05) is 25.1 Å². The van der Waals surface area contributed by atoms with Crippen molar-refractivity contribution in [2.24, 2.45) is 11.3 Å². The second-order valence-corrected chi connectivity index (χ2v) is 5.62. The van der Waals surface area contributed by atoms with Crippen LogP contribution in [0.1, 0.15) is 37.8 Å². The van der Waals surface area contributed by atoms with Crippen molar-refractivity contribution < 1.29 is 4.79 Å². The number of nitriles is 1. The Morgan fingerprint density at radius 3 is 2.74 bits per heavy atom. The topological polar surface area (TPSA) is 52.9 Å². The Morgan fingerprint density at radius 1 is 1.53 bits per heavy atom. The Morgan fingerprint density at radius 2 is 2.21 bits per heavy atom. The maximum absolute atomic E-state index is 12.4. The van der Waals surface area contributed by atoms with E-state index >= 15 is 0 Å². The third kappa shape index (κ3) is 2.35. The van der Waals surface area contributed by atoms with Gasteiger partial charge in [-0.2, -0.15) is 5.26 Å². The fourth-order valence-electron chi connectivity index (χ4n) is 2.89. The molecule has 1 aromatic rings. The fraction of sp³-hybridized carbons (Fsp3) is 0.500. The Balaban J connectivity index is 2.23. The number of hydrogen-bond donors (Lipinski definition) is 1. The van der Waals surface area contributed by atoms with Crippen molar-refractivity contribution in [2.45, 2.75) is 40.0 Å². The van der Waals surface area contributed by atoms with E-state index in [4.69, 9.17) is 0 Å². The number of rotatable bonds is 3. The zero-order valence-corrected chi connectivity index (χ0v) is 11.8. The molecule has 0 unspecified atom stereocenters. The van der Waals surface area contributed by atoms with Gasteiger partial charge < -0.3 is 5.32 Å². The van der Waals surface area contributed by atoms with Gasteiger partial charge in [-0.3, -0.25) is 4.79 Å². The molecule has 100 valence electrons. The van der Waals surface area contributed by atoms with Crippen molar-refractivity contribution >= 4 is 11.6 Å². The largest absolute Gasteiger partial charge is 0.324 e. The van der Waals surface area contributed by atoms with Crippen LogP contribution in [0.3, 0.4) is 0 Å². The number of aryl methyl sites for hydroxylation is 2. The zero-order chi connectivity index (χ0) is 14.0. The van der Waals surface area contributed by atoms with Gasteiger partial charge in [0.1, 0.15) is 5.41 Å². The highest BCUT2D eigenvalue weighted by Crippen LogP contribution is 2.45. The van der Waals surface area contributed by atoms with Gasteiger partial charge in [-0.25, -0.2) is 0 Å². The molecule has 3 nitrogen and oxygen atoms in total. The Kier molecular flexibility index (Phi) is 3.61. The van der Waals surface area contributed by atoms with Crippen molar-refractivity contribution in [1.29, 1.82) is 5.26 Å². The first-order valence-corrected chi connectivity index (χ1v) is 6.83. The van der Waals surface area contributed by atoms with Crippen LogP contribution in [0.4, 0.5) is 5.69 Å². The minimum absolute atomic E-state index is 0.142. The molecule has 0 bridgehead atoms. The first-order valence-electron chi connectivity index (χ1n) is 6.83. The molecule has 0 aromatic heterocycles. The van der Waals surface area contributed by atoms with Gasteiger partial charge in [-0.05, 0) is 43.2 Å². The molecule has 0 saturated heterocycles. The van der Waals surface area contributed by atoms with Crippen LogP contribution in [0.15, 0.2) is 18.2 Å². The molecule has 1 aliphatic carbocycles. The van der Waals surface area contributed by atoms with Gasteiger partial charge in [-0.1, -0.05) is 32.0 Å². The third-order valence-electron chi connectivity index (χ3n) is 4.02. The van der Waals surface area contributed by atoms with Crippen molar-refractivity contribution in [3.63, 3.8) is 0 Å². The van der Waals surface area contributed by atoms with Gasteiger partial charge in [0.25, 0.3) is 0 Å². The van der Waals surface area contributed by atoms with E-state index in [1.165, 1.54) is 0 Å². The Bertz CT molecular complexity index is 536. The van der Waals surface area contributed by atoms with Crippen LogP contribution in [0.2, 0.25) is 0 Å². The molecule has 1 amide bonds. The van der Waals surface area contributed by atoms with Crippen molar-refractivity contribution in [3.8, 4) is 6.07 Å². The predicted molar refractivity (Wildman–Crippen MR) is 75.6 cm³/mol. The van der Waals surface area contributed by atoms with Gasteiger partial charge in [0.2, 0.25) is 5.91 Å². The number of amides is 1. The lowest BCUT2D eigenvalue weighted by Crippen LogP contribution is -2.45. The summed E-state index contributed by atoms with van der Waals surface area (Å²) >= 11 is 0. The summed E-state index contributed by atoms with van der Waals surface area (Å²) in [6.45, 7) is 6.13. The molecule has 0 heterocycles. The zero-order valence-electron chi connectivity index (χ0n) is 11.8. The quantitative estimate of drug-likeness (QED) is 0.900. The first kappa shape index (κ1) is 13.6. The van der Waals surface area contributed by atoms with Gasteiger partial charge in [0.05, 0.1) is 6.07 Å². The maximum Gasteiger partial charge on any atom is 0.244 e. The average molecular weight is 256 g/mol. The van der Waals surface area contributed by atoms with Crippen LogP contribution in [0.5, 0.6) is 0 Å². The number of nitrogens with zero attached hydrogens (tertiary/aromatic N) is 1. The number of carbonyl (C=O) groups is 1. The molecular weight excluding hydrogens is 236 g/mol. The second-order valence-electron chi connectivity index (χ2n) is 5.62. The molecule has 0 aliphatic heterocycles. The number of nitrogens with one attached hydrogen (secondary N) is 1. The summed E-state index contributed by atoms with van der Waals surface area (Å²) in [4.78, 5) is 12.4. The van der Waals surface area contributed by atoms with E-state index < -0.39 is 5.41 Å². The third-order valence-corrected chi connectivity index (χ3v) is 4.02. The SMILES string of the molecule is CCc1cccc(C)c1NC(=O)C1(C#N)CC(C)C1. The molecular formula is C16H20N2O. The summed E-state index contributed by atoms with van der Waals surface area (Å²) in [6.07, 6.45) is 2.21. The smallest absolute Gasteiger partial charge is 0.244 e. The molecule has 0 atom stereocenters. The van der Waals surface area contributed by atoms with Crippen molar-refractivity contribution in [3.05, 3.63) is 29.3 Å². The summed E-state index contributed by atoms with van der Waals surface area (Å²) in [5, 5.41) is 12.3. The van der Waals surface area contributed by atoms with Crippen LogP contribution in [-0.4, -0.2) is 5.91 Å². The van der Waals surface area contributed by atoms with E-state index in [9.17, 15) is 10.1 Å². The maximum atomic E-state index is 12.4. The molecule has 1 N–H and O–H groups in total. The van der Waals surface area contributed by atoms with Crippen molar-refractivity contribution in [1.82, 2.24) is 0 Å². The first-order chi connectivity index (χ1) is 9.02. The number of para-hydroxylation sites is 1. The summed E-state index contributed by atoms with van der Waals surface area (Å²) in [6, 6.07) is 8.21. The molecule has 1 saturated carbocycles. The minimum atomic E-state index is -0.813. The lowest BCUT2D eigenvalue weighted by Gasteiger charge is -2.39. The fourth-order valence-corrected chi connectivity index (χ4v) is 2.89. The van der Waals surface area contributed by atoms with Gasteiger partial charge >= 0.3 is 0 Å². The van der Waals surface area contributed by atoms with Crippen molar-refractivity contribution in [2.75, 3.05) is 5.32 Å². The van der Waals surface area contributed by atoms with Crippen LogP contribution >= 0.6 is 0 Å². The summed E-state index contributed by atoms with van der Waals surface area (Å²) in [5.74, 6) is 0.324.